The van der Waals surface area contributed by atoms with Gasteiger partial charge in [-0.05, 0) is 29.7 Å². The smallest absolute Gasteiger partial charge is 0.143 e. The van der Waals surface area contributed by atoms with Crippen LogP contribution in [0.5, 0.6) is 0 Å². The third-order valence-corrected chi connectivity index (χ3v) is 2.84. The lowest BCUT2D eigenvalue weighted by Gasteiger charge is -2.07. The maximum atomic E-state index is 8.96. The molecule has 2 aromatic rings. The maximum Gasteiger partial charge on any atom is 0.143 e. The van der Waals surface area contributed by atoms with Crippen molar-refractivity contribution in [2.75, 3.05) is 11.9 Å². The van der Waals surface area contributed by atoms with E-state index in [9.17, 15) is 0 Å². The summed E-state index contributed by atoms with van der Waals surface area (Å²) >= 11 is 0. The van der Waals surface area contributed by atoms with Crippen LogP contribution in [0.4, 0.5) is 5.82 Å². The van der Waals surface area contributed by atoms with Crippen LogP contribution >= 0.6 is 0 Å². The maximum absolute atomic E-state index is 8.96. The fourth-order valence-electron chi connectivity index (χ4n) is 1.77. The fourth-order valence-corrected chi connectivity index (χ4v) is 1.77. The summed E-state index contributed by atoms with van der Waals surface area (Å²) in [4.78, 5) is 4.14. The number of aliphatic hydroxyl groups is 1. The van der Waals surface area contributed by atoms with E-state index in [2.05, 4.69) is 16.4 Å². The molecule has 19 heavy (non-hydrogen) atoms. The number of aliphatic hydroxyl groups excluding tert-OH is 1. The summed E-state index contributed by atoms with van der Waals surface area (Å²) in [5.41, 5.74) is 2.64. The molecule has 2 N–H and O–H groups in total. The minimum atomic E-state index is 0.0675. The number of aromatic nitrogens is 1. The summed E-state index contributed by atoms with van der Waals surface area (Å²) in [6.07, 6.45) is 2.51. The van der Waals surface area contributed by atoms with Crippen LogP contribution in [0.3, 0.4) is 0 Å². The van der Waals surface area contributed by atoms with Gasteiger partial charge in [-0.25, -0.2) is 4.98 Å². The van der Waals surface area contributed by atoms with E-state index in [4.69, 9.17) is 10.4 Å². The standard InChI is InChI=1S/C15H15N3O/c16-10-14-2-1-8-17-15(14)18-9-7-12-3-5-13(11-19)6-4-12/h1-6,8,19H,7,9,11H2,(H,17,18). The van der Waals surface area contributed by atoms with E-state index in [0.717, 1.165) is 12.0 Å². The minimum absolute atomic E-state index is 0.0675. The van der Waals surface area contributed by atoms with Gasteiger partial charge in [0, 0.05) is 12.7 Å². The van der Waals surface area contributed by atoms with Crippen molar-refractivity contribution in [2.45, 2.75) is 13.0 Å². The van der Waals surface area contributed by atoms with E-state index in [-0.39, 0.29) is 6.61 Å². The molecule has 1 heterocycles. The van der Waals surface area contributed by atoms with Gasteiger partial charge < -0.3 is 10.4 Å². The normalized spacial score (nSPS) is 9.89. The Kier molecular flexibility index (Phi) is 4.49. The summed E-state index contributed by atoms with van der Waals surface area (Å²) in [6, 6.07) is 13.4. The summed E-state index contributed by atoms with van der Waals surface area (Å²) in [5, 5.41) is 21.1. The van der Waals surface area contributed by atoms with Crippen LogP contribution in [0.25, 0.3) is 0 Å². The molecule has 0 aliphatic carbocycles. The second-order valence-corrected chi connectivity index (χ2v) is 4.16. The van der Waals surface area contributed by atoms with Gasteiger partial charge in [0.2, 0.25) is 0 Å². The van der Waals surface area contributed by atoms with Crippen molar-refractivity contribution in [1.82, 2.24) is 4.98 Å². The van der Waals surface area contributed by atoms with Crippen molar-refractivity contribution in [3.05, 3.63) is 59.3 Å². The Bertz CT molecular complexity index is 573. The average Bonchev–Trinajstić information content (AvgIpc) is 2.48. The predicted molar refractivity (Wildman–Crippen MR) is 73.5 cm³/mol. The van der Waals surface area contributed by atoms with Crippen molar-refractivity contribution in [3.63, 3.8) is 0 Å². The van der Waals surface area contributed by atoms with Crippen LogP contribution in [-0.4, -0.2) is 16.6 Å². The summed E-state index contributed by atoms with van der Waals surface area (Å²) < 4.78 is 0. The molecule has 1 aromatic heterocycles. The molecular formula is C15H15N3O. The number of hydrogen-bond acceptors (Lipinski definition) is 4. The van der Waals surface area contributed by atoms with Crippen molar-refractivity contribution < 1.29 is 5.11 Å². The van der Waals surface area contributed by atoms with E-state index in [1.165, 1.54) is 5.56 Å². The van der Waals surface area contributed by atoms with Crippen LogP contribution in [0.1, 0.15) is 16.7 Å². The SMILES string of the molecule is N#Cc1cccnc1NCCc1ccc(CO)cc1. The molecule has 0 saturated carbocycles. The van der Waals surface area contributed by atoms with Gasteiger partial charge in [0.05, 0.1) is 12.2 Å². The molecule has 0 amide bonds. The Morgan fingerprint density at radius 1 is 1.16 bits per heavy atom. The summed E-state index contributed by atoms with van der Waals surface area (Å²) in [6.45, 7) is 0.780. The molecule has 0 atom stereocenters. The van der Waals surface area contributed by atoms with Gasteiger partial charge in [-0.2, -0.15) is 5.26 Å². The number of benzene rings is 1. The van der Waals surface area contributed by atoms with Crippen molar-refractivity contribution in [1.29, 1.82) is 5.26 Å². The van der Waals surface area contributed by atoms with Gasteiger partial charge >= 0.3 is 0 Å². The molecule has 0 aliphatic rings. The van der Waals surface area contributed by atoms with Crippen molar-refractivity contribution >= 4 is 5.82 Å². The first-order valence-electron chi connectivity index (χ1n) is 6.11. The first-order valence-corrected chi connectivity index (χ1v) is 6.11. The van der Waals surface area contributed by atoms with E-state index >= 15 is 0 Å². The van der Waals surface area contributed by atoms with Gasteiger partial charge in [-0.15, -0.1) is 0 Å². The fraction of sp³-hybridized carbons (Fsp3) is 0.200. The third-order valence-electron chi connectivity index (χ3n) is 2.84. The molecule has 0 aliphatic heterocycles. The van der Waals surface area contributed by atoms with Gasteiger partial charge in [0.25, 0.3) is 0 Å². The Hall–Kier alpha value is -2.38. The van der Waals surface area contributed by atoms with Crippen LogP contribution in [0.15, 0.2) is 42.6 Å². The van der Waals surface area contributed by atoms with Gasteiger partial charge in [0.15, 0.2) is 0 Å². The predicted octanol–water partition coefficient (Wildman–Crippen LogP) is 2.10. The second kappa shape index (κ2) is 6.53. The number of rotatable bonds is 5. The Labute approximate surface area is 112 Å². The van der Waals surface area contributed by atoms with Gasteiger partial charge in [0.1, 0.15) is 11.9 Å². The minimum Gasteiger partial charge on any atom is -0.392 e. The lowest BCUT2D eigenvalue weighted by molar-refractivity contribution is 0.282. The summed E-state index contributed by atoms with van der Waals surface area (Å²) in [7, 11) is 0. The Morgan fingerprint density at radius 2 is 1.89 bits per heavy atom. The van der Waals surface area contributed by atoms with Crippen LogP contribution in [0.2, 0.25) is 0 Å². The van der Waals surface area contributed by atoms with Crippen LogP contribution < -0.4 is 5.32 Å². The molecular weight excluding hydrogens is 238 g/mol. The zero-order chi connectivity index (χ0) is 13.5. The highest BCUT2D eigenvalue weighted by molar-refractivity contribution is 5.51. The molecule has 0 unspecified atom stereocenters. The van der Waals surface area contributed by atoms with Crippen LogP contribution in [-0.2, 0) is 13.0 Å². The topological polar surface area (TPSA) is 68.9 Å². The van der Waals surface area contributed by atoms with Crippen LogP contribution in [0, 0.1) is 11.3 Å². The number of nitrogens with one attached hydrogen (secondary N) is 1. The third kappa shape index (κ3) is 3.54. The highest BCUT2D eigenvalue weighted by atomic mass is 16.3. The Balaban J connectivity index is 1.91. The number of pyridine rings is 1. The number of anilines is 1. The number of nitriles is 1. The van der Waals surface area contributed by atoms with Gasteiger partial charge in [-0.3, -0.25) is 0 Å². The lowest BCUT2D eigenvalue weighted by Crippen LogP contribution is -2.07. The van der Waals surface area contributed by atoms with E-state index in [0.29, 0.717) is 17.9 Å². The zero-order valence-corrected chi connectivity index (χ0v) is 10.5. The average molecular weight is 253 g/mol. The molecule has 4 heteroatoms. The molecule has 0 spiro atoms. The van der Waals surface area contributed by atoms with E-state index < -0.39 is 0 Å². The highest BCUT2D eigenvalue weighted by Gasteiger charge is 2.01. The second-order valence-electron chi connectivity index (χ2n) is 4.16. The molecule has 2 rings (SSSR count). The van der Waals surface area contributed by atoms with E-state index in [1.807, 2.05) is 24.3 Å². The number of nitrogens with zero attached hydrogens (tertiary/aromatic N) is 2. The highest BCUT2D eigenvalue weighted by Crippen LogP contribution is 2.10. The Morgan fingerprint density at radius 3 is 2.58 bits per heavy atom. The quantitative estimate of drug-likeness (QED) is 0.856. The molecule has 0 bridgehead atoms. The first-order chi connectivity index (χ1) is 9.33. The molecule has 1 aromatic carbocycles. The first kappa shape index (κ1) is 13.1. The number of hydrogen-bond donors (Lipinski definition) is 2. The molecule has 96 valence electrons. The van der Waals surface area contributed by atoms with Gasteiger partial charge in [-0.1, -0.05) is 24.3 Å². The largest absolute Gasteiger partial charge is 0.392 e. The van der Waals surface area contributed by atoms with E-state index in [1.54, 1.807) is 18.3 Å². The molecule has 0 radical (unpaired) electrons. The van der Waals surface area contributed by atoms with Crippen molar-refractivity contribution in [3.8, 4) is 6.07 Å². The monoisotopic (exact) mass is 253 g/mol. The summed E-state index contributed by atoms with van der Waals surface area (Å²) in [5.74, 6) is 0.622. The van der Waals surface area contributed by atoms with Crippen molar-refractivity contribution in [2.24, 2.45) is 0 Å². The molecule has 4 nitrogen and oxygen atoms in total. The lowest BCUT2D eigenvalue weighted by atomic mass is 10.1. The zero-order valence-electron chi connectivity index (χ0n) is 10.5. The molecule has 0 saturated heterocycles. The molecule has 0 fully saturated rings.